The molecule has 1 aromatic rings. The molecule has 2 aliphatic rings. The van der Waals surface area contributed by atoms with Crippen molar-refractivity contribution in [3.8, 4) is 0 Å². The summed E-state index contributed by atoms with van der Waals surface area (Å²) in [5, 5.41) is 6.48. The number of carbonyl (C=O) groups is 1. The maximum absolute atomic E-state index is 11.7. The van der Waals surface area contributed by atoms with Gasteiger partial charge in [0.2, 0.25) is 0 Å². The summed E-state index contributed by atoms with van der Waals surface area (Å²) in [5.41, 5.74) is 2.55. The van der Waals surface area contributed by atoms with E-state index in [1.165, 1.54) is 12.8 Å². The van der Waals surface area contributed by atoms with Gasteiger partial charge in [0, 0.05) is 30.5 Å². The first-order chi connectivity index (χ1) is 9.94. The van der Waals surface area contributed by atoms with Gasteiger partial charge in [0.25, 0.3) is 0 Å². The summed E-state index contributed by atoms with van der Waals surface area (Å²) >= 11 is 0. The second-order valence-electron chi connectivity index (χ2n) is 7.23. The van der Waals surface area contributed by atoms with Crippen LogP contribution in [0.3, 0.4) is 0 Å². The summed E-state index contributed by atoms with van der Waals surface area (Å²) in [7, 11) is 0. The summed E-state index contributed by atoms with van der Waals surface area (Å²) in [5.74, 6) is 0.698. The molecule has 2 amide bonds. The first-order valence-corrected chi connectivity index (χ1v) is 7.87. The highest BCUT2D eigenvalue weighted by atomic mass is 16.2. The molecule has 0 spiro atoms. The Bertz CT molecular complexity index is 523. The Morgan fingerprint density at radius 1 is 1.24 bits per heavy atom. The molecule has 2 N–H and O–H groups in total. The second-order valence-corrected chi connectivity index (χ2v) is 7.23. The van der Waals surface area contributed by atoms with Crippen molar-refractivity contribution in [1.82, 2.24) is 5.32 Å². The molecule has 2 unspecified atom stereocenters. The lowest BCUT2D eigenvalue weighted by Crippen LogP contribution is -2.27. The van der Waals surface area contributed by atoms with Crippen molar-refractivity contribution in [2.45, 2.75) is 39.7 Å². The average molecular weight is 287 g/mol. The van der Waals surface area contributed by atoms with E-state index in [0.717, 1.165) is 24.5 Å². The third-order valence-corrected chi connectivity index (χ3v) is 4.72. The number of carbonyl (C=O) groups excluding carboxylic acids is 1. The van der Waals surface area contributed by atoms with Gasteiger partial charge in [-0.3, -0.25) is 4.90 Å². The Kier molecular flexibility index (Phi) is 3.56. The highest BCUT2D eigenvalue weighted by Gasteiger charge is 2.36. The second kappa shape index (κ2) is 5.24. The molecular formula is C17H25N3O. The minimum atomic E-state index is 0.00174. The Labute approximate surface area is 126 Å². The predicted octanol–water partition coefficient (Wildman–Crippen LogP) is 3.45. The molecule has 2 fully saturated rings. The Hall–Kier alpha value is -1.71. The van der Waals surface area contributed by atoms with Gasteiger partial charge in [-0.25, -0.2) is 4.79 Å². The molecule has 114 valence electrons. The van der Waals surface area contributed by atoms with Crippen molar-refractivity contribution in [2.75, 3.05) is 23.3 Å². The molecule has 2 atom stereocenters. The van der Waals surface area contributed by atoms with Crippen LogP contribution in [-0.4, -0.2) is 25.2 Å². The van der Waals surface area contributed by atoms with E-state index in [0.29, 0.717) is 17.4 Å². The number of amides is 2. The normalized spacial score (nSPS) is 27.8. The predicted molar refractivity (Wildman–Crippen MR) is 86.8 cm³/mol. The number of hydrogen-bond acceptors (Lipinski definition) is 2. The fraction of sp³-hybridized carbons (Fsp3) is 0.588. The summed E-state index contributed by atoms with van der Waals surface area (Å²) in [6.07, 6.45) is 2.49. The summed E-state index contributed by atoms with van der Waals surface area (Å²) in [4.78, 5) is 13.4. The number of nitrogens with one attached hydrogen (secondary N) is 2. The van der Waals surface area contributed by atoms with Gasteiger partial charge in [-0.05, 0) is 48.4 Å². The first-order valence-electron chi connectivity index (χ1n) is 7.87. The SMILES string of the molecule is CC1CC(C)(C)CC1Nc1ccc(N2CCNC2=O)cc1. The molecule has 1 saturated carbocycles. The quantitative estimate of drug-likeness (QED) is 0.894. The van der Waals surface area contributed by atoms with Crippen LogP contribution in [0.1, 0.15) is 33.6 Å². The summed E-state index contributed by atoms with van der Waals surface area (Å²) < 4.78 is 0. The van der Waals surface area contributed by atoms with Crippen LogP contribution >= 0.6 is 0 Å². The standard InChI is InChI=1S/C17H25N3O/c1-12-10-17(2,3)11-15(12)19-13-4-6-14(7-5-13)20-9-8-18-16(20)21/h4-7,12,15,19H,8-11H2,1-3H3,(H,18,21). The van der Waals surface area contributed by atoms with Gasteiger partial charge in [0.05, 0.1) is 0 Å². The van der Waals surface area contributed by atoms with Gasteiger partial charge in [0.1, 0.15) is 0 Å². The van der Waals surface area contributed by atoms with Crippen molar-refractivity contribution in [3.05, 3.63) is 24.3 Å². The Morgan fingerprint density at radius 3 is 2.48 bits per heavy atom. The van der Waals surface area contributed by atoms with Crippen molar-refractivity contribution in [1.29, 1.82) is 0 Å². The van der Waals surface area contributed by atoms with E-state index in [9.17, 15) is 4.79 Å². The Balaban J connectivity index is 1.66. The summed E-state index contributed by atoms with van der Waals surface area (Å²) in [6.45, 7) is 8.50. The minimum absolute atomic E-state index is 0.00174. The van der Waals surface area contributed by atoms with Crippen LogP contribution in [0.2, 0.25) is 0 Å². The molecule has 1 saturated heterocycles. The maximum Gasteiger partial charge on any atom is 0.321 e. The zero-order valence-electron chi connectivity index (χ0n) is 13.1. The van der Waals surface area contributed by atoms with E-state index in [1.807, 2.05) is 12.1 Å². The number of hydrogen-bond donors (Lipinski definition) is 2. The maximum atomic E-state index is 11.7. The van der Waals surface area contributed by atoms with Crippen molar-refractivity contribution in [3.63, 3.8) is 0 Å². The van der Waals surface area contributed by atoms with Crippen LogP contribution in [0.4, 0.5) is 16.2 Å². The lowest BCUT2D eigenvalue weighted by molar-refractivity contribution is 0.252. The smallest absolute Gasteiger partial charge is 0.321 e. The van der Waals surface area contributed by atoms with Crippen LogP contribution in [0, 0.1) is 11.3 Å². The monoisotopic (exact) mass is 287 g/mol. The molecule has 0 bridgehead atoms. The molecule has 4 nitrogen and oxygen atoms in total. The van der Waals surface area contributed by atoms with Crippen molar-refractivity contribution >= 4 is 17.4 Å². The number of anilines is 2. The fourth-order valence-corrected chi connectivity index (χ4v) is 3.76. The molecule has 1 heterocycles. The Morgan fingerprint density at radius 2 is 1.95 bits per heavy atom. The highest BCUT2D eigenvalue weighted by molar-refractivity contribution is 5.94. The molecule has 1 aliphatic carbocycles. The van der Waals surface area contributed by atoms with Crippen molar-refractivity contribution in [2.24, 2.45) is 11.3 Å². The molecule has 1 aliphatic heterocycles. The zero-order valence-corrected chi connectivity index (χ0v) is 13.1. The van der Waals surface area contributed by atoms with Gasteiger partial charge < -0.3 is 10.6 Å². The van der Waals surface area contributed by atoms with Crippen LogP contribution in [0.15, 0.2) is 24.3 Å². The van der Waals surface area contributed by atoms with E-state index < -0.39 is 0 Å². The molecule has 1 aromatic carbocycles. The van der Waals surface area contributed by atoms with E-state index >= 15 is 0 Å². The van der Waals surface area contributed by atoms with E-state index in [-0.39, 0.29) is 6.03 Å². The summed E-state index contributed by atoms with van der Waals surface area (Å²) in [6, 6.07) is 8.76. The van der Waals surface area contributed by atoms with Gasteiger partial charge in [-0.2, -0.15) is 0 Å². The van der Waals surface area contributed by atoms with Gasteiger partial charge >= 0.3 is 6.03 Å². The van der Waals surface area contributed by atoms with E-state index in [1.54, 1.807) is 4.90 Å². The van der Waals surface area contributed by atoms with E-state index in [4.69, 9.17) is 0 Å². The van der Waals surface area contributed by atoms with Gasteiger partial charge in [0.15, 0.2) is 0 Å². The number of rotatable bonds is 3. The topological polar surface area (TPSA) is 44.4 Å². The number of benzene rings is 1. The van der Waals surface area contributed by atoms with Crippen molar-refractivity contribution < 1.29 is 4.79 Å². The fourth-order valence-electron chi connectivity index (χ4n) is 3.76. The average Bonchev–Trinajstić information content (AvgIpc) is 2.94. The highest BCUT2D eigenvalue weighted by Crippen LogP contribution is 2.42. The molecule has 0 aromatic heterocycles. The lowest BCUT2D eigenvalue weighted by atomic mass is 9.91. The zero-order chi connectivity index (χ0) is 15.0. The number of urea groups is 1. The molecule has 4 heteroatoms. The minimum Gasteiger partial charge on any atom is -0.382 e. The largest absolute Gasteiger partial charge is 0.382 e. The lowest BCUT2D eigenvalue weighted by Gasteiger charge is -2.21. The molecule has 3 rings (SSSR count). The van der Waals surface area contributed by atoms with Crippen LogP contribution < -0.4 is 15.5 Å². The van der Waals surface area contributed by atoms with Crippen LogP contribution in [0.25, 0.3) is 0 Å². The van der Waals surface area contributed by atoms with E-state index in [2.05, 4.69) is 43.5 Å². The third-order valence-electron chi connectivity index (χ3n) is 4.72. The number of nitrogens with zero attached hydrogens (tertiary/aromatic N) is 1. The molecular weight excluding hydrogens is 262 g/mol. The first kappa shape index (κ1) is 14.2. The third kappa shape index (κ3) is 2.99. The van der Waals surface area contributed by atoms with Gasteiger partial charge in [-0.15, -0.1) is 0 Å². The molecule has 21 heavy (non-hydrogen) atoms. The van der Waals surface area contributed by atoms with Crippen LogP contribution in [0.5, 0.6) is 0 Å². The van der Waals surface area contributed by atoms with Crippen LogP contribution in [-0.2, 0) is 0 Å². The molecule has 0 radical (unpaired) electrons. The van der Waals surface area contributed by atoms with Gasteiger partial charge in [-0.1, -0.05) is 20.8 Å².